The van der Waals surface area contributed by atoms with Crippen molar-refractivity contribution in [3.63, 3.8) is 0 Å². The van der Waals surface area contributed by atoms with Crippen LogP contribution < -0.4 is 15.4 Å². The molecule has 0 bridgehead atoms. The average Bonchev–Trinajstić information content (AvgIpc) is 2.61. The number of guanidine groups is 1. The summed E-state index contributed by atoms with van der Waals surface area (Å²) in [4.78, 5) is 6.93. The van der Waals surface area contributed by atoms with Crippen molar-refractivity contribution in [2.75, 3.05) is 54.1 Å². The first-order chi connectivity index (χ1) is 12.1. The van der Waals surface area contributed by atoms with Gasteiger partial charge in [-0.15, -0.1) is 24.0 Å². The van der Waals surface area contributed by atoms with Crippen molar-refractivity contribution in [3.8, 4) is 5.75 Å². The number of benzene rings is 1. The largest absolute Gasteiger partial charge is 0.497 e. The molecule has 6 nitrogen and oxygen atoms in total. The lowest BCUT2D eigenvalue weighted by molar-refractivity contribution is 0.145. The lowest BCUT2D eigenvalue weighted by Gasteiger charge is -2.24. The van der Waals surface area contributed by atoms with Gasteiger partial charge in [-0.2, -0.15) is 0 Å². The van der Waals surface area contributed by atoms with E-state index in [1.165, 1.54) is 5.56 Å². The van der Waals surface area contributed by atoms with Crippen LogP contribution in [0, 0.1) is 0 Å². The monoisotopic (exact) mass is 478 g/mol. The van der Waals surface area contributed by atoms with Crippen LogP contribution >= 0.6 is 24.0 Å². The molecule has 7 heteroatoms. The fourth-order valence-corrected chi connectivity index (χ4v) is 2.46. The summed E-state index contributed by atoms with van der Waals surface area (Å²) in [5.74, 6) is 1.71. The highest BCUT2D eigenvalue weighted by Gasteiger charge is 2.14. The molecule has 0 fully saturated rings. The first kappa shape index (κ1) is 24.9. The number of hydrogen-bond donors (Lipinski definition) is 2. The number of nitrogens with one attached hydrogen (secondary N) is 2. The number of ether oxygens (including phenoxy) is 2. The van der Waals surface area contributed by atoms with E-state index in [2.05, 4.69) is 48.7 Å². The molecule has 1 atom stereocenters. The van der Waals surface area contributed by atoms with E-state index in [0.29, 0.717) is 6.54 Å². The zero-order chi connectivity index (χ0) is 18.5. The van der Waals surface area contributed by atoms with Gasteiger partial charge in [0.05, 0.1) is 19.7 Å². The molecule has 1 unspecified atom stereocenters. The topological polar surface area (TPSA) is 58.1 Å². The average molecular weight is 478 g/mol. The Morgan fingerprint density at radius 3 is 2.62 bits per heavy atom. The maximum absolute atomic E-state index is 5.37. The van der Waals surface area contributed by atoms with E-state index in [1.807, 2.05) is 19.1 Å². The van der Waals surface area contributed by atoms with Gasteiger partial charge >= 0.3 is 0 Å². The van der Waals surface area contributed by atoms with Gasteiger partial charge in [-0.1, -0.05) is 12.1 Å². The molecule has 0 spiro atoms. The number of likely N-dealkylation sites (N-methyl/N-ethyl adjacent to an activating group) is 1. The second-order valence-electron chi connectivity index (χ2n) is 5.95. The van der Waals surface area contributed by atoms with E-state index in [0.717, 1.165) is 44.4 Å². The summed E-state index contributed by atoms with van der Waals surface area (Å²) in [5.41, 5.74) is 1.19. The molecule has 0 aromatic heterocycles. The molecule has 0 saturated heterocycles. The maximum atomic E-state index is 5.37. The zero-order valence-electron chi connectivity index (χ0n) is 16.7. The minimum absolute atomic E-state index is 0. The molecule has 2 N–H and O–H groups in total. The van der Waals surface area contributed by atoms with Gasteiger partial charge in [0.2, 0.25) is 0 Å². The van der Waals surface area contributed by atoms with Crippen molar-refractivity contribution in [1.29, 1.82) is 0 Å². The highest BCUT2D eigenvalue weighted by Crippen LogP contribution is 2.22. The van der Waals surface area contributed by atoms with E-state index >= 15 is 0 Å². The van der Waals surface area contributed by atoms with Crippen molar-refractivity contribution < 1.29 is 9.47 Å². The van der Waals surface area contributed by atoms with Gasteiger partial charge in [-0.25, -0.2) is 0 Å². The SMILES string of the molecule is CCNC(=NCC(c1cccc(OC)c1)N(C)C)NCCCOCC.I. The summed E-state index contributed by atoms with van der Waals surface area (Å²) in [6.45, 7) is 7.97. The van der Waals surface area contributed by atoms with Gasteiger partial charge in [0.1, 0.15) is 5.75 Å². The predicted octanol–water partition coefficient (Wildman–Crippen LogP) is 2.90. The summed E-state index contributed by atoms with van der Waals surface area (Å²) in [7, 11) is 5.83. The molecule has 1 aromatic carbocycles. The Balaban J connectivity index is 0.00000625. The van der Waals surface area contributed by atoms with Crippen LogP contribution in [-0.4, -0.2) is 64.9 Å². The van der Waals surface area contributed by atoms with Gasteiger partial charge in [0, 0.05) is 26.3 Å². The molecule has 0 saturated carbocycles. The van der Waals surface area contributed by atoms with E-state index < -0.39 is 0 Å². The number of aliphatic imine (C=N–C) groups is 1. The standard InChI is InChI=1S/C19H34N4O2.HI/c1-6-20-19(21-12-9-13-25-7-2)22-15-18(23(3)4)16-10-8-11-17(14-16)24-5;/h8,10-11,14,18H,6-7,9,12-13,15H2,1-5H3,(H2,20,21,22);1H. The molecule has 0 heterocycles. The molecule has 150 valence electrons. The Kier molecular flexibility index (Phi) is 14.4. The molecule has 26 heavy (non-hydrogen) atoms. The molecular formula is C19H35IN4O2. The minimum Gasteiger partial charge on any atom is -0.497 e. The van der Waals surface area contributed by atoms with Crippen molar-refractivity contribution in [2.24, 2.45) is 4.99 Å². The third kappa shape index (κ3) is 9.59. The van der Waals surface area contributed by atoms with E-state index in [4.69, 9.17) is 14.5 Å². The second-order valence-corrected chi connectivity index (χ2v) is 5.95. The third-order valence-corrected chi connectivity index (χ3v) is 3.83. The number of hydrogen-bond acceptors (Lipinski definition) is 4. The Bertz CT molecular complexity index is 512. The number of nitrogens with zero attached hydrogens (tertiary/aromatic N) is 2. The summed E-state index contributed by atoms with van der Waals surface area (Å²) >= 11 is 0. The lowest BCUT2D eigenvalue weighted by Crippen LogP contribution is -2.38. The first-order valence-corrected chi connectivity index (χ1v) is 9.02. The minimum atomic E-state index is 0. The zero-order valence-corrected chi connectivity index (χ0v) is 19.1. The van der Waals surface area contributed by atoms with Crippen molar-refractivity contribution in [3.05, 3.63) is 29.8 Å². The van der Waals surface area contributed by atoms with E-state index in [9.17, 15) is 0 Å². The van der Waals surface area contributed by atoms with Crippen LogP contribution in [0.3, 0.4) is 0 Å². The van der Waals surface area contributed by atoms with Gasteiger partial charge in [-0.3, -0.25) is 4.99 Å². The maximum Gasteiger partial charge on any atom is 0.191 e. The van der Waals surface area contributed by atoms with Gasteiger partial charge in [-0.05, 0) is 52.1 Å². The molecule has 0 radical (unpaired) electrons. The van der Waals surface area contributed by atoms with Crippen molar-refractivity contribution >= 4 is 29.9 Å². The lowest BCUT2D eigenvalue weighted by atomic mass is 10.1. The molecule has 1 aromatic rings. The first-order valence-electron chi connectivity index (χ1n) is 9.02. The van der Waals surface area contributed by atoms with Crippen LogP contribution in [0.1, 0.15) is 31.9 Å². The highest BCUT2D eigenvalue weighted by atomic mass is 127. The van der Waals surface area contributed by atoms with E-state index in [-0.39, 0.29) is 30.0 Å². The fourth-order valence-electron chi connectivity index (χ4n) is 2.46. The van der Waals surface area contributed by atoms with Gasteiger partial charge < -0.3 is 25.0 Å². The molecule has 1 rings (SSSR count). The molecular weight excluding hydrogens is 443 g/mol. The Labute approximate surface area is 175 Å². The smallest absolute Gasteiger partial charge is 0.191 e. The van der Waals surface area contributed by atoms with Crippen LogP contribution in [0.4, 0.5) is 0 Å². The van der Waals surface area contributed by atoms with Crippen LogP contribution in [0.5, 0.6) is 5.75 Å². The van der Waals surface area contributed by atoms with Crippen LogP contribution in [0.25, 0.3) is 0 Å². The molecule has 0 aliphatic heterocycles. The van der Waals surface area contributed by atoms with Crippen LogP contribution in [-0.2, 0) is 4.74 Å². The third-order valence-electron chi connectivity index (χ3n) is 3.83. The molecule has 0 aliphatic carbocycles. The normalized spacial score (nSPS) is 12.5. The number of methoxy groups -OCH3 is 1. The quantitative estimate of drug-likeness (QED) is 0.222. The van der Waals surface area contributed by atoms with E-state index in [1.54, 1.807) is 7.11 Å². The Morgan fingerprint density at radius 1 is 1.23 bits per heavy atom. The Morgan fingerprint density at radius 2 is 2.00 bits per heavy atom. The number of halogens is 1. The fraction of sp³-hybridized carbons (Fsp3) is 0.632. The summed E-state index contributed by atoms with van der Waals surface area (Å²) in [5, 5.41) is 6.66. The van der Waals surface area contributed by atoms with Crippen LogP contribution in [0.2, 0.25) is 0 Å². The second kappa shape index (κ2) is 15.0. The summed E-state index contributed by atoms with van der Waals surface area (Å²) in [6, 6.07) is 8.36. The number of rotatable bonds is 11. The molecule has 0 aliphatic rings. The molecule has 0 amide bonds. The van der Waals surface area contributed by atoms with Gasteiger partial charge in [0.25, 0.3) is 0 Å². The van der Waals surface area contributed by atoms with Crippen LogP contribution in [0.15, 0.2) is 29.3 Å². The predicted molar refractivity (Wildman–Crippen MR) is 120 cm³/mol. The Hall–Kier alpha value is -1.06. The summed E-state index contributed by atoms with van der Waals surface area (Å²) < 4.78 is 10.7. The highest BCUT2D eigenvalue weighted by molar-refractivity contribution is 14.0. The summed E-state index contributed by atoms with van der Waals surface area (Å²) in [6.07, 6.45) is 0.964. The van der Waals surface area contributed by atoms with Crippen molar-refractivity contribution in [1.82, 2.24) is 15.5 Å². The van der Waals surface area contributed by atoms with Gasteiger partial charge in [0.15, 0.2) is 5.96 Å². The van der Waals surface area contributed by atoms with Crippen molar-refractivity contribution in [2.45, 2.75) is 26.3 Å².